The number of rotatable bonds is 9. The lowest BCUT2D eigenvalue weighted by Crippen LogP contribution is -2.44. The summed E-state index contributed by atoms with van der Waals surface area (Å²) in [6.07, 6.45) is -8.97. The van der Waals surface area contributed by atoms with Crippen molar-refractivity contribution in [3.63, 3.8) is 0 Å². The number of benzene rings is 2. The maximum atomic E-state index is 12.8. The van der Waals surface area contributed by atoms with Crippen molar-refractivity contribution in [3.8, 4) is 22.9 Å². The second kappa shape index (κ2) is 10.7. The molecule has 0 aliphatic carbocycles. The van der Waals surface area contributed by atoms with E-state index in [4.69, 9.17) is 4.74 Å². The van der Waals surface area contributed by atoms with Gasteiger partial charge in [-0.2, -0.15) is 26.3 Å². The lowest BCUT2D eigenvalue weighted by Gasteiger charge is -2.27. The van der Waals surface area contributed by atoms with E-state index < -0.39 is 39.2 Å². The first kappa shape index (κ1) is 29.0. The van der Waals surface area contributed by atoms with Gasteiger partial charge in [-0.25, -0.2) is 13.1 Å². The summed E-state index contributed by atoms with van der Waals surface area (Å²) in [4.78, 5) is 0. The summed E-state index contributed by atoms with van der Waals surface area (Å²) in [6.45, 7) is 2.87. The molecule has 1 heterocycles. The number of H-pyrrole nitrogens is 1. The molecule has 0 spiro atoms. The summed E-state index contributed by atoms with van der Waals surface area (Å²) in [7, 11) is -4.67. The van der Waals surface area contributed by atoms with Crippen LogP contribution in [0.15, 0.2) is 48.5 Å². The highest BCUT2D eigenvalue weighted by Crippen LogP contribution is 2.35. The fourth-order valence-electron chi connectivity index (χ4n) is 3.58. The largest absolute Gasteiger partial charge is 0.437 e. The fourth-order valence-corrected chi connectivity index (χ4v) is 5.38. The summed E-state index contributed by atoms with van der Waals surface area (Å²) >= 11 is 3.34. The average molecular weight is 614 g/mol. The molecule has 0 fully saturated rings. The van der Waals surface area contributed by atoms with Crippen LogP contribution >= 0.6 is 15.9 Å². The van der Waals surface area contributed by atoms with E-state index in [1.165, 1.54) is 26.0 Å². The number of alkyl halides is 7. The smallest absolute Gasteiger partial charge is 0.416 e. The average Bonchev–Trinajstić information content (AvgIpc) is 3.13. The predicted octanol–water partition coefficient (Wildman–Crippen LogP) is 6.54. The molecule has 2 N–H and O–H groups in total. The van der Waals surface area contributed by atoms with Crippen LogP contribution in [0, 0.1) is 0 Å². The van der Waals surface area contributed by atoms with Crippen LogP contribution in [0.1, 0.15) is 30.5 Å². The van der Waals surface area contributed by atoms with Crippen LogP contribution < -0.4 is 9.46 Å². The number of aromatic amines is 1. The second-order valence-corrected chi connectivity index (χ2v) is 11.1. The van der Waals surface area contributed by atoms with E-state index in [2.05, 4.69) is 30.8 Å². The molecular weight excluding hydrogens is 592 g/mol. The van der Waals surface area contributed by atoms with E-state index in [0.29, 0.717) is 34.1 Å². The van der Waals surface area contributed by atoms with E-state index in [0.717, 1.165) is 12.1 Å². The Morgan fingerprint density at radius 1 is 1.00 bits per heavy atom. The molecule has 0 atom stereocenters. The third-order valence-electron chi connectivity index (χ3n) is 5.21. The number of sulfonamides is 1. The van der Waals surface area contributed by atoms with Gasteiger partial charge in [-0.15, -0.1) is 5.10 Å². The Morgan fingerprint density at radius 2 is 1.65 bits per heavy atom. The van der Waals surface area contributed by atoms with E-state index in [9.17, 15) is 34.8 Å². The van der Waals surface area contributed by atoms with Crippen LogP contribution in [-0.4, -0.2) is 35.9 Å². The van der Waals surface area contributed by atoms with Crippen molar-refractivity contribution in [3.05, 3.63) is 65.2 Å². The van der Waals surface area contributed by atoms with E-state index in [1.807, 2.05) is 0 Å². The molecular formula is C23H22BrF6N3O3S. The van der Waals surface area contributed by atoms with Crippen molar-refractivity contribution in [1.82, 2.24) is 14.9 Å². The molecule has 0 saturated carbocycles. The van der Waals surface area contributed by atoms with E-state index in [1.54, 1.807) is 24.3 Å². The number of hydrogen-bond donors (Lipinski definition) is 2. The highest BCUT2D eigenvalue weighted by Gasteiger charge is 2.38. The number of aromatic nitrogens is 2. The molecule has 0 bridgehead atoms. The molecule has 0 aliphatic rings. The predicted molar refractivity (Wildman–Crippen MR) is 129 cm³/mol. The van der Waals surface area contributed by atoms with Gasteiger partial charge < -0.3 is 4.74 Å². The Hall–Kier alpha value is -2.58. The zero-order valence-corrected chi connectivity index (χ0v) is 21.9. The van der Waals surface area contributed by atoms with Crippen molar-refractivity contribution in [1.29, 1.82) is 0 Å². The molecule has 0 aliphatic heterocycles. The quantitative estimate of drug-likeness (QED) is 0.212. The summed E-state index contributed by atoms with van der Waals surface area (Å²) in [6, 6.07) is 10.6. The van der Waals surface area contributed by atoms with Gasteiger partial charge in [0.05, 0.1) is 16.8 Å². The summed E-state index contributed by atoms with van der Waals surface area (Å²) in [5.74, 6) is -1.75. The molecule has 3 aromatic rings. The van der Waals surface area contributed by atoms with Gasteiger partial charge in [-0.05, 0) is 56.2 Å². The second-order valence-electron chi connectivity index (χ2n) is 8.63. The van der Waals surface area contributed by atoms with Crippen LogP contribution in [0.25, 0.3) is 11.3 Å². The number of ether oxygens (including phenoxy) is 1. The zero-order chi connectivity index (χ0) is 27.6. The van der Waals surface area contributed by atoms with E-state index >= 15 is 0 Å². The van der Waals surface area contributed by atoms with Crippen LogP contribution in [0.2, 0.25) is 0 Å². The van der Waals surface area contributed by atoms with Crippen LogP contribution in [-0.2, 0) is 28.2 Å². The van der Waals surface area contributed by atoms with Crippen LogP contribution in [0.3, 0.4) is 0 Å². The van der Waals surface area contributed by atoms with Gasteiger partial charge in [-0.1, -0.05) is 34.1 Å². The van der Waals surface area contributed by atoms with Gasteiger partial charge in [0.25, 0.3) is 0 Å². The lowest BCUT2D eigenvalue weighted by atomic mass is 9.92. The Balaban J connectivity index is 1.91. The molecule has 6 nitrogen and oxygen atoms in total. The first-order valence-electron chi connectivity index (χ1n) is 10.7. The van der Waals surface area contributed by atoms with Gasteiger partial charge >= 0.3 is 12.4 Å². The molecule has 0 radical (unpaired) electrons. The summed E-state index contributed by atoms with van der Waals surface area (Å²) < 4.78 is 108. The van der Waals surface area contributed by atoms with Gasteiger partial charge in [0, 0.05) is 16.5 Å². The molecule has 0 saturated heterocycles. The molecule has 1 aromatic heterocycles. The molecule has 2 aromatic carbocycles. The minimum absolute atomic E-state index is 0.129. The number of nitrogens with one attached hydrogen (secondary N) is 2. The summed E-state index contributed by atoms with van der Waals surface area (Å²) in [5.41, 5.74) is -0.184. The first-order chi connectivity index (χ1) is 17.0. The number of hydrogen-bond acceptors (Lipinski definition) is 4. The van der Waals surface area contributed by atoms with Crippen molar-refractivity contribution < 1.29 is 39.5 Å². The van der Waals surface area contributed by atoms with Crippen LogP contribution in [0.4, 0.5) is 26.3 Å². The highest BCUT2D eigenvalue weighted by atomic mass is 79.9. The van der Waals surface area contributed by atoms with Gasteiger partial charge in [0.2, 0.25) is 15.9 Å². The van der Waals surface area contributed by atoms with Gasteiger partial charge in [0.1, 0.15) is 5.75 Å². The van der Waals surface area contributed by atoms with Gasteiger partial charge in [-0.3, -0.25) is 5.10 Å². The Labute approximate surface area is 217 Å². The molecule has 202 valence electrons. The fraction of sp³-hybridized carbons (Fsp3) is 0.348. The normalized spacial score (nSPS) is 13.1. The minimum Gasteiger partial charge on any atom is -0.437 e. The SMILES string of the molecule is CC(C)(NS(=O)(=O)CC(F)(F)F)c1cccc(-c2[nH]nc(Oc3ccc(C(F)(F)F)cc3)c2CCBr)c1. The zero-order valence-electron chi connectivity index (χ0n) is 19.5. The molecule has 14 heteroatoms. The van der Waals surface area contributed by atoms with Crippen molar-refractivity contribution >= 4 is 26.0 Å². The summed E-state index contributed by atoms with van der Waals surface area (Å²) in [5, 5.41) is 7.46. The van der Waals surface area contributed by atoms with E-state index in [-0.39, 0.29) is 11.6 Å². The Morgan fingerprint density at radius 3 is 2.22 bits per heavy atom. The standard InChI is InChI=1S/C23H22BrF6N3O3S/c1-21(2,33-37(34,35)13-22(25,26)27)16-5-3-4-14(12-16)19-18(10-11-24)20(32-31-19)36-17-8-6-15(7-9-17)23(28,29)30/h3-9,12,33H,10-11,13H2,1-2H3,(H,31,32). The molecule has 0 amide bonds. The van der Waals surface area contributed by atoms with Gasteiger partial charge in [0.15, 0.2) is 5.75 Å². The molecule has 37 heavy (non-hydrogen) atoms. The number of halogens is 7. The third-order valence-corrected chi connectivity index (χ3v) is 7.13. The maximum absolute atomic E-state index is 12.8. The topological polar surface area (TPSA) is 84.1 Å². The Bertz CT molecular complexity index is 1340. The van der Waals surface area contributed by atoms with Crippen molar-refractivity contribution in [2.24, 2.45) is 0 Å². The highest BCUT2D eigenvalue weighted by molar-refractivity contribution is 9.09. The monoisotopic (exact) mass is 613 g/mol. The minimum atomic E-state index is -4.90. The third kappa shape index (κ3) is 7.71. The Kier molecular flexibility index (Phi) is 8.35. The van der Waals surface area contributed by atoms with Crippen molar-refractivity contribution in [2.75, 3.05) is 11.1 Å². The van der Waals surface area contributed by atoms with Crippen LogP contribution in [0.5, 0.6) is 11.6 Å². The molecule has 3 rings (SSSR count). The maximum Gasteiger partial charge on any atom is 0.416 e. The number of nitrogens with zero attached hydrogens (tertiary/aromatic N) is 1. The lowest BCUT2D eigenvalue weighted by molar-refractivity contribution is -0.137. The first-order valence-corrected chi connectivity index (χ1v) is 13.5. The molecule has 0 unspecified atom stereocenters. The van der Waals surface area contributed by atoms with Crippen molar-refractivity contribution in [2.45, 2.75) is 38.2 Å².